The number of rotatable bonds is 2. The summed E-state index contributed by atoms with van der Waals surface area (Å²) >= 11 is 0. The van der Waals surface area contributed by atoms with Crippen molar-refractivity contribution >= 4 is 17.1 Å². The summed E-state index contributed by atoms with van der Waals surface area (Å²) in [6, 6.07) is 1.64. The number of hydrogen-bond donors (Lipinski definition) is 0. The number of furan rings is 2. The second kappa shape index (κ2) is 2.09. The molecule has 0 fully saturated rings. The van der Waals surface area contributed by atoms with E-state index in [9.17, 15) is 4.79 Å². The molecule has 0 radical (unpaired) electrons. The molecule has 2 bridgehead atoms. The Labute approximate surface area is 79.0 Å². The van der Waals surface area contributed by atoms with Crippen LogP contribution in [0.25, 0.3) is 11.2 Å². The van der Waals surface area contributed by atoms with Gasteiger partial charge in [0.15, 0.2) is 11.3 Å². The molecule has 3 heterocycles. The van der Waals surface area contributed by atoms with Crippen molar-refractivity contribution in [2.75, 3.05) is 0 Å². The first kappa shape index (κ1) is 7.44. The monoisotopic (exact) mass is 190 g/mol. The van der Waals surface area contributed by atoms with E-state index in [0.717, 1.165) is 5.75 Å². The molecule has 0 saturated heterocycles. The molecular formula is C10H6O4. The second-order valence-corrected chi connectivity index (χ2v) is 3.23. The van der Waals surface area contributed by atoms with Gasteiger partial charge in [-0.25, -0.2) is 4.79 Å². The van der Waals surface area contributed by atoms with E-state index in [2.05, 4.69) is 6.58 Å². The largest absolute Gasteiger partial charge is 0.445 e. The predicted octanol–water partition coefficient (Wildman–Crippen LogP) is 2.46. The Morgan fingerprint density at radius 3 is 2.86 bits per heavy atom. The maximum absolute atomic E-state index is 11.2. The second-order valence-electron chi connectivity index (χ2n) is 3.23. The minimum atomic E-state index is -0.455. The van der Waals surface area contributed by atoms with Gasteiger partial charge in [-0.05, 0) is 6.92 Å². The molecule has 0 unspecified atom stereocenters. The zero-order valence-corrected chi connectivity index (χ0v) is 7.42. The number of benzene rings is 1. The summed E-state index contributed by atoms with van der Waals surface area (Å²) in [5.74, 6) is 1.40. The number of ether oxygens (including phenoxy) is 2. The molecule has 3 rings (SSSR count). The molecule has 4 nitrogen and oxygen atoms in total. The van der Waals surface area contributed by atoms with Crippen molar-refractivity contribution in [2.45, 2.75) is 6.92 Å². The molecular weight excluding hydrogens is 184 g/mol. The molecule has 0 saturated carbocycles. The first-order valence-electron chi connectivity index (χ1n) is 4.11. The minimum Gasteiger partial charge on any atom is -0.445 e. The topological polar surface area (TPSA) is 52.0 Å². The molecule has 0 spiro atoms. The third-order valence-electron chi connectivity index (χ3n) is 2.05. The molecule has 0 aromatic carbocycles. The molecule has 70 valence electrons. The highest BCUT2D eigenvalue weighted by Gasteiger charge is 2.36. The van der Waals surface area contributed by atoms with E-state index in [1.807, 2.05) is 0 Å². The molecule has 14 heavy (non-hydrogen) atoms. The zero-order chi connectivity index (χ0) is 9.87. The third kappa shape index (κ3) is 0.797. The predicted molar refractivity (Wildman–Crippen MR) is 47.9 cm³/mol. The number of carbonyl (C=O) groups excluding carboxylic acids is 1. The lowest BCUT2D eigenvalue weighted by molar-refractivity contribution is -0.130. The van der Waals surface area contributed by atoms with Crippen molar-refractivity contribution in [2.24, 2.45) is 0 Å². The van der Waals surface area contributed by atoms with Crippen molar-refractivity contribution in [1.29, 1.82) is 0 Å². The smallest absolute Gasteiger partial charge is 0.338 e. The fourth-order valence-corrected chi connectivity index (χ4v) is 1.30. The average Bonchev–Trinajstić information content (AvgIpc) is 2.75. The molecule has 2 aromatic heterocycles. The summed E-state index contributed by atoms with van der Waals surface area (Å²) in [6.45, 7) is 5.08. The van der Waals surface area contributed by atoms with Gasteiger partial charge in [-0.3, -0.25) is 0 Å². The fourth-order valence-electron chi connectivity index (χ4n) is 1.30. The molecule has 0 atom stereocenters. The lowest BCUT2D eigenvalue weighted by Gasteiger charge is -1.98. The van der Waals surface area contributed by atoms with Crippen LogP contribution < -0.4 is 9.47 Å². The lowest BCUT2D eigenvalue weighted by atomic mass is 10.3. The summed E-state index contributed by atoms with van der Waals surface area (Å²) in [5.41, 5.74) is 1.48. The molecule has 2 aromatic rings. The van der Waals surface area contributed by atoms with Crippen molar-refractivity contribution in [3.8, 4) is 17.2 Å². The van der Waals surface area contributed by atoms with Gasteiger partial charge in [-0.1, -0.05) is 6.58 Å². The zero-order valence-electron chi connectivity index (χ0n) is 7.42. The van der Waals surface area contributed by atoms with Gasteiger partial charge in [-0.2, -0.15) is 0 Å². The Bertz CT molecular complexity index is 549. The third-order valence-corrected chi connectivity index (χ3v) is 2.05. The van der Waals surface area contributed by atoms with Gasteiger partial charge in [0.1, 0.15) is 0 Å². The highest BCUT2D eigenvalue weighted by molar-refractivity contribution is 5.96. The fraction of sp³-hybridized carbons (Fsp3) is 0.100. The van der Waals surface area contributed by atoms with E-state index >= 15 is 0 Å². The van der Waals surface area contributed by atoms with Crippen LogP contribution in [0, 0.1) is 0 Å². The van der Waals surface area contributed by atoms with Crippen LogP contribution in [0.5, 0.6) is 17.2 Å². The standard InChI is InChI=1S/C10H6O4/c1-4(2)10(11)13-6-3-5-8-9(14-8)7(6)12-5/h3H,1H2,2H3. The van der Waals surface area contributed by atoms with Gasteiger partial charge < -0.3 is 13.9 Å². The average molecular weight is 190 g/mol. The van der Waals surface area contributed by atoms with E-state index in [1.165, 1.54) is 0 Å². The molecule has 0 aliphatic carbocycles. The normalized spacial score (nSPS) is 12.4. The van der Waals surface area contributed by atoms with Crippen LogP contribution in [0.3, 0.4) is 0 Å². The van der Waals surface area contributed by atoms with Gasteiger partial charge in [0.05, 0.1) is 0 Å². The van der Waals surface area contributed by atoms with Crippen LogP contribution in [0.15, 0.2) is 22.6 Å². The van der Waals surface area contributed by atoms with Crippen molar-refractivity contribution in [3.05, 3.63) is 18.2 Å². The van der Waals surface area contributed by atoms with Crippen LogP contribution in [0.2, 0.25) is 0 Å². The SMILES string of the molecule is C=C(C)C(=O)Oc1cc2oc1c1c2O1. The van der Waals surface area contributed by atoms with Crippen LogP contribution in [-0.2, 0) is 4.79 Å². The summed E-state index contributed by atoms with van der Waals surface area (Å²) in [4.78, 5) is 11.2. The van der Waals surface area contributed by atoms with Crippen LogP contribution in [0.4, 0.5) is 0 Å². The Morgan fingerprint density at radius 1 is 1.50 bits per heavy atom. The van der Waals surface area contributed by atoms with Gasteiger partial charge in [0.25, 0.3) is 0 Å². The number of hydrogen-bond acceptors (Lipinski definition) is 4. The van der Waals surface area contributed by atoms with Crippen molar-refractivity contribution in [3.63, 3.8) is 0 Å². The Morgan fingerprint density at radius 2 is 2.29 bits per heavy atom. The number of esters is 1. The van der Waals surface area contributed by atoms with E-state index in [1.54, 1.807) is 13.0 Å². The Balaban J connectivity index is 1.96. The van der Waals surface area contributed by atoms with E-state index in [-0.39, 0.29) is 0 Å². The maximum Gasteiger partial charge on any atom is 0.338 e. The quantitative estimate of drug-likeness (QED) is 0.269. The highest BCUT2D eigenvalue weighted by Crippen LogP contribution is 2.60. The summed E-state index contributed by atoms with van der Waals surface area (Å²) in [6.07, 6.45) is 0. The van der Waals surface area contributed by atoms with Crippen LogP contribution in [-0.4, -0.2) is 5.97 Å². The Hall–Kier alpha value is -1.97. The molecule has 4 heteroatoms. The summed E-state index contributed by atoms with van der Waals surface area (Å²) in [5, 5.41) is 0. The van der Waals surface area contributed by atoms with Crippen molar-refractivity contribution < 1.29 is 18.7 Å². The first-order valence-corrected chi connectivity index (χ1v) is 4.11. The van der Waals surface area contributed by atoms with E-state index in [0.29, 0.717) is 28.2 Å². The van der Waals surface area contributed by atoms with Crippen molar-refractivity contribution in [1.82, 2.24) is 0 Å². The molecule has 0 N–H and O–H groups in total. The van der Waals surface area contributed by atoms with E-state index in [4.69, 9.17) is 13.9 Å². The van der Waals surface area contributed by atoms with Gasteiger partial charge >= 0.3 is 5.97 Å². The summed E-state index contributed by atoms with van der Waals surface area (Å²) in [7, 11) is 0. The number of carbonyl (C=O) groups is 1. The molecule has 1 aliphatic rings. The highest BCUT2D eigenvalue weighted by atomic mass is 16.6. The summed E-state index contributed by atoms with van der Waals surface area (Å²) < 4.78 is 15.4. The van der Waals surface area contributed by atoms with Gasteiger partial charge in [0.2, 0.25) is 17.1 Å². The molecule has 0 amide bonds. The lowest BCUT2D eigenvalue weighted by Crippen LogP contribution is -2.07. The Kier molecular flexibility index (Phi) is 1.11. The first-order chi connectivity index (χ1) is 6.66. The van der Waals surface area contributed by atoms with Crippen LogP contribution >= 0.6 is 0 Å². The van der Waals surface area contributed by atoms with Crippen LogP contribution in [0.1, 0.15) is 6.92 Å². The maximum atomic E-state index is 11.2. The van der Waals surface area contributed by atoms with Gasteiger partial charge in [-0.15, -0.1) is 0 Å². The molecule has 1 aliphatic heterocycles. The van der Waals surface area contributed by atoms with Gasteiger partial charge in [0, 0.05) is 11.6 Å². The minimum absolute atomic E-state index is 0.352. The number of fused-ring (bicyclic) bond motifs is 5. The van der Waals surface area contributed by atoms with E-state index < -0.39 is 5.97 Å².